The highest BCUT2D eigenvalue weighted by Gasteiger charge is 2.04. The van der Waals surface area contributed by atoms with Gasteiger partial charge in [-0.25, -0.2) is 4.39 Å². The maximum absolute atomic E-state index is 13.3. The van der Waals surface area contributed by atoms with E-state index in [1.807, 2.05) is 0 Å². The first-order valence-electron chi connectivity index (χ1n) is 5.39. The van der Waals surface area contributed by atoms with Crippen molar-refractivity contribution in [1.82, 2.24) is 5.32 Å². The predicted octanol–water partition coefficient (Wildman–Crippen LogP) is 2.70. The molecule has 0 heterocycles. The minimum absolute atomic E-state index is 0.189. The molecule has 4 heteroatoms. The quantitative estimate of drug-likeness (QED) is 0.844. The molecule has 1 unspecified atom stereocenters. The number of hydrogen-bond donors (Lipinski definition) is 2. The van der Waals surface area contributed by atoms with Crippen molar-refractivity contribution in [2.24, 2.45) is 5.92 Å². The van der Waals surface area contributed by atoms with Crippen LogP contribution >= 0.6 is 15.9 Å². The number of hydrogen-bond acceptors (Lipinski definition) is 2. The fraction of sp³-hybridized carbons (Fsp3) is 0.500. The maximum atomic E-state index is 13.3. The number of benzene rings is 1. The molecule has 16 heavy (non-hydrogen) atoms. The zero-order chi connectivity index (χ0) is 12.0. The molecule has 0 radical (unpaired) electrons. The van der Waals surface area contributed by atoms with E-state index in [4.69, 9.17) is 5.11 Å². The van der Waals surface area contributed by atoms with E-state index in [0.717, 1.165) is 17.4 Å². The highest BCUT2D eigenvalue weighted by molar-refractivity contribution is 9.10. The Kier molecular flexibility index (Phi) is 5.95. The molecule has 0 bridgehead atoms. The molecule has 1 rings (SSSR count). The third kappa shape index (κ3) is 4.60. The Bertz CT molecular complexity index is 333. The number of aliphatic hydroxyl groups excluding tert-OH is 1. The first-order valence-corrected chi connectivity index (χ1v) is 6.18. The van der Waals surface area contributed by atoms with Gasteiger partial charge in [-0.15, -0.1) is 0 Å². The van der Waals surface area contributed by atoms with Gasteiger partial charge in [0.15, 0.2) is 0 Å². The van der Waals surface area contributed by atoms with Gasteiger partial charge in [0.25, 0.3) is 0 Å². The molecule has 1 aromatic carbocycles. The smallest absolute Gasteiger partial charge is 0.127 e. The molecule has 0 amide bonds. The summed E-state index contributed by atoms with van der Waals surface area (Å²) in [6, 6.07) is 4.92. The van der Waals surface area contributed by atoms with Gasteiger partial charge in [0.2, 0.25) is 0 Å². The van der Waals surface area contributed by atoms with Gasteiger partial charge in [0.05, 0.1) is 0 Å². The summed E-state index contributed by atoms with van der Waals surface area (Å²) < 4.78 is 14.2. The van der Waals surface area contributed by atoms with Crippen molar-refractivity contribution in [1.29, 1.82) is 0 Å². The van der Waals surface area contributed by atoms with E-state index in [1.54, 1.807) is 12.1 Å². The van der Waals surface area contributed by atoms with Crippen molar-refractivity contribution in [3.63, 3.8) is 0 Å². The lowest BCUT2D eigenvalue weighted by Gasteiger charge is -2.11. The highest BCUT2D eigenvalue weighted by Crippen LogP contribution is 2.15. The molecule has 0 aromatic heterocycles. The van der Waals surface area contributed by atoms with Crippen LogP contribution in [-0.4, -0.2) is 18.3 Å². The van der Waals surface area contributed by atoms with Crippen LogP contribution in [0.15, 0.2) is 22.7 Å². The van der Waals surface area contributed by atoms with Crippen LogP contribution in [0, 0.1) is 11.7 Å². The van der Waals surface area contributed by atoms with Crippen molar-refractivity contribution >= 4 is 15.9 Å². The zero-order valence-corrected chi connectivity index (χ0v) is 10.9. The Morgan fingerprint density at radius 2 is 2.25 bits per heavy atom. The molecule has 0 saturated carbocycles. The lowest BCUT2D eigenvalue weighted by molar-refractivity contribution is 0.260. The lowest BCUT2D eigenvalue weighted by atomic mass is 10.1. The van der Waals surface area contributed by atoms with Crippen LogP contribution in [0.5, 0.6) is 0 Å². The van der Waals surface area contributed by atoms with Gasteiger partial charge in [-0.2, -0.15) is 0 Å². The number of nitrogens with one attached hydrogen (secondary N) is 1. The van der Waals surface area contributed by atoms with E-state index in [-0.39, 0.29) is 12.4 Å². The predicted molar refractivity (Wildman–Crippen MR) is 66.7 cm³/mol. The summed E-state index contributed by atoms with van der Waals surface area (Å²) >= 11 is 3.31. The van der Waals surface area contributed by atoms with Crippen LogP contribution in [-0.2, 0) is 6.54 Å². The van der Waals surface area contributed by atoms with E-state index >= 15 is 0 Å². The second-order valence-corrected chi connectivity index (χ2v) is 4.90. The second-order valence-electron chi connectivity index (χ2n) is 3.98. The molecule has 90 valence electrons. The first-order chi connectivity index (χ1) is 7.63. The number of halogens is 2. The molecule has 1 aromatic rings. The van der Waals surface area contributed by atoms with Crippen LogP contribution < -0.4 is 5.32 Å². The summed E-state index contributed by atoms with van der Waals surface area (Å²) in [5, 5.41) is 11.9. The van der Waals surface area contributed by atoms with Gasteiger partial charge in [-0.05, 0) is 37.1 Å². The average Bonchev–Trinajstić information content (AvgIpc) is 2.23. The van der Waals surface area contributed by atoms with Crippen LogP contribution in [0.2, 0.25) is 0 Å². The normalized spacial score (nSPS) is 12.8. The second kappa shape index (κ2) is 6.99. The summed E-state index contributed by atoms with van der Waals surface area (Å²) in [5.74, 6) is 0.214. The minimum atomic E-state index is -0.189. The summed E-state index contributed by atoms with van der Waals surface area (Å²) in [6.45, 7) is 3.56. The Morgan fingerprint density at radius 3 is 2.94 bits per heavy atom. The number of rotatable bonds is 6. The molecule has 2 nitrogen and oxygen atoms in total. The maximum Gasteiger partial charge on any atom is 0.127 e. The van der Waals surface area contributed by atoms with Crippen molar-refractivity contribution in [2.45, 2.75) is 19.9 Å². The molecule has 0 fully saturated rings. The molecule has 0 spiro atoms. The van der Waals surface area contributed by atoms with Gasteiger partial charge in [0, 0.05) is 23.2 Å². The van der Waals surface area contributed by atoms with Gasteiger partial charge in [0.1, 0.15) is 5.82 Å². The lowest BCUT2D eigenvalue weighted by Crippen LogP contribution is -2.21. The number of aliphatic hydroxyl groups is 1. The monoisotopic (exact) mass is 289 g/mol. The van der Waals surface area contributed by atoms with Gasteiger partial charge in [-0.3, -0.25) is 0 Å². The first kappa shape index (κ1) is 13.6. The van der Waals surface area contributed by atoms with Gasteiger partial charge >= 0.3 is 0 Å². The van der Waals surface area contributed by atoms with E-state index < -0.39 is 0 Å². The Morgan fingerprint density at radius 1 is 1.50 bits per heavy atom. The van der Waals surface area contributed by atoms with Crippen LogP contribution in [0.4, 0.5) is 4.39 Å². The van der Waals surface area contributed by atoms with Crippen LogP contribution in [0.3, 0.4) is 0 Å². The Labute approximate surface area is 104 Å². The third-order valence-corrected chi connectivity index (χ3v) is 2.93. The largest absolute Gasteiger partial charge is 0.396 e. The molecule has 0 aliphatic carbocycles. The Hall–Kier alpha value is -0.450. The molecule has 2 N–H and O–H groups in total. The molecule has 0 aliphatic heterocycles. The van der Waals surface area contributed by atoms with Gasteiger partial charge in [-0.1, -0.05) is 22.9 Å². The van der Waals surface area contributed by atoms with E-state index in [1.165, 1.54) is 6.07 Å². The average molecular weight is 290 g/mol. The van der Waals surface area contributed by atoms with Crippen molar-refractivity contribution in [3.8, 4) is 0 Å². The fourth-order valence-electron chi connectivity index (χ4n) is 1.45. The molecular weight excluding hydrogens is 273 g/mol. The highest BCUT2D eigenvalue weighted by atomic mass is 79.9. The van der Waals surface area contributed by atoms with Crippen molar-refractivity contribution in [3.05, 3.63) is 34.1 Å². The zero-order valence-electron chi connectivity index (χ0n) is 9.34. The summed E-state index contributed by atoms with van der Waals surface area (Å²) in [7, 11) is 0. The van der Waals surface area contributed by atoms with E-state index in [2.05, 4.69) is 28.2 Å². The van der Waals surface area contributed by atoms with Crippen molar-refractivity contribution < 1.29 is 9.50 Å². The summed E-state index contributed by atoms with van der Waals surface area (Å²) in [4.78, 5) is 0. The van der Waals surface area contributed by atoms with Crippen LogP contribution in [0.25, 0.3) is 0 Å². The van der Waals surface area contributed by atoms with Crippen molar-refractivity contribution in [2.75, 3.05) is 13.2 Å². The molecular formula is C12H17BrFNO. The van der Waals surface area contributed by atoms with E-state index in [0.29, 0.717) is 18.0 Å². The summed E-state index contributed by atoms with van der Waals surface area (Å²) in [6.07, 6.45) is 0.772. The third-order valence-electron chi connectivity index (χ3n) is 2.44. The topological polar surface area (TPSA) is 32.3 Å². The Balaban J connectivity index is 2.39. The van der Waals surface area contributed by atoms with Crippen LogP contribution in [0.1, 0.15) is 18.9 Å². The minimum Gasteiger partial charge on any atom is -0.396 e. The molecule has 1 atom stereocenters. The SMILES string of the molecule is CC(CCO)CNCc1cc(Br)ccc1F. The fourth-order valence-corrected chi connectivity index (χ4v) is 1.86. The summed E-state index contributed by atoms with van der Waals surface area (Å²) in [5.41, 5.74) is 0.658. The van der Waals surface area contributed by atoms with E-state index in [9.17, 15) is 4.39 Å². The standard InChI is InChI=1S/C12H17BrFNO/c1-9(4-5-16)7-15-8-10-6-11(13)2-3-12(10)14/h2-3,6,9,15-16H,4-5,7-8H2,1H3. The molecule has 0 aliphatic rings. The molecule has 0 saturated heterocycles. The van der Waals surface area contributed by atoms with Gasteiger partial charge < -0.3 is 10.4 Å².